The molecule has 2 atom stereocenters. The SMILES string of the molecule is Cc1cn2nc([C@@H]3CCCCN3C(=O)c3cc(C(C)C)nn3C)cc2nc1N1CC[C@H](C)C1. The van der Waals surface area contributed by atoms with Gasteiger partial charge in [-0.05, 0) is 50.5 Å². The summed E-state index contributed by atoms with van der Waals surface area (Å²) in [4.78, 5) is 22.9. The number of aromatic nitrogens is 5. The van der Waals surface area contributed by atoms with E-state index in [1.54, 1.807) is 4.68 Å². The summed E-state index contributed by atoms with van der Waals surface area (Å²) >= 11 is 0. The number of piperidine rings is 1. The number of hydrogen-bond donors (Lipinski definition) is 0. The van der Waals surface area contributed by atoms with Gasteiger partial charge in [0.1, 0.15) is 11.5 Å². The van der Waals surface area contributed by atoms with Crippen LogP contribution in [0.5, 0.6) is 0 Å². The van der Waals surface area contributed by atoms with E-state index in [1.807, 2.05) is 22.5 Å². The molecular formula is C25H35N7O. The second kappa shape index (κ2) is 8.47. The lowest BCUT2D eigenvalue weighted by Crippen LogP contribution is -2.39. The topological polar surface area (TPSA) is 71.6 Å². The summed E-state index contributed by atoms with van der Waals surface area (Å²) < 4.78 is 3.60. The third kappa shape index (κ3) is 4.00. The summed E-state index contributed by atoms with van der Waals surface area (Å²) in [7, 11) is 1.86. The molecule has 0 aliphatic carbocycles. The number of rotatable bonds is 4. The smallest absolute Gasteiger partial charge is 0.272 e. The number of hydrogen-bond acceptors (Lipinski definition) is 5. The van der Waals surface area contributed by atoms with E-state index < -0.39 is 0 Å². The Bertz CT molecular complexity index is 1180. The van der Waals surface area contributed by atoms with E-state index in [-0.39, 0.29) is 17.9 Å². The average molecular weight is 450 g/mol. The fourth-order valence-electron chi connectivity index (χ4n) is 5.23. The van der Waals surface area contributed by atoms with Gasteiger partial charge in [0.05, 0.1) is 17.4 Å². The van der Waals surface area contributed by atoms with Crippen molar-refractivity contribution in [1.82, 2.24) is 29.3 Å². The molecule has 2 saturated heterocycles. The highest BCUT2D eigenvalue weighted by atomic mass is 16.2. The first-order valence-corrected chi connectivity index (χ1v) is 12.3. The molecule has 5 rings (SSSR count). The molecular weight excluding hydrogens is 414 g/mol. The number of nitrogens with zero attached hydrogens (tertiary/aromatic N) is 7. The Hall–Kier alpha value is -2.90. The van der Waals surface area contributed by atoms with Gasteiger partial charge in [-0.15, -0.1) is 0 Å². The summed E-state index contributed by atoms with van der Waals surface area (Å²) in [6.07, 6.45) is 6.31. The van der Waals surface area contributed by atoms with Crippen molar-refractivity contribution in [1.29, 1.82) is 0 Å². The van der Waals surface area contributed by atoms with Gasteiger partial charge in [0.25, 0.3) is 5.91 Å². The molecule has 3 aromatic heterocycles. The molecule has 0 N–H and O–H groups in total. The minimum atomic E-state index is -0.0408. The molecule has 33 heavy (non-hydrogen) atoms. The molecule has 3 aromatic rings. The molecule has 2 fully saturated rings. The van der Waals surface area contributed by atoms with Gasteiger partial charge in [-0.25, -0.2) is 9.50 Å². The van der Waals surface area contributed by atoms with Crippen LogP contribution in [-0.4, -0.2) is 54.8 Å². The van der Waals surface area contributed by atoms with Gasteiger partial charge in [-0.1, -0.05) is 20.8 Å². The van der Waals surface area contributed by atoms with Crippen molar-refractivity contribution in [3.8, 4) is 0 Å². The quantitative estimate of drug-likeness (QED) is 0.599. The summed E-state index contributed by atoms with van der Waals surface area (Å²) in [5.41, 5.74) is 4.51. The second-order valence-electron chi connectivity index (χ2n) is 10.2. The normalized spacial score (nSPS) is 21.5. The fraction of sp³-hybridized carbons (Fsp3) is 0.600. The van der Waals surface area contributed by atoms with Crippen LogP contribution in [0.3, 0.4) is 0 Å². The van der Waals surface area contributed by atoms with E-state index in [1.165, 1.54) is 6.42 Å². The largest absolute Gasteiger partial charge is 0.356 e. The van der Waals surface area contributed by atoms with Crippen molar-refractivity contribution in [3.05, 3.63) is 41.0 Å². The molecule has 0 saturated carbocycles. The van der Waals surface area contributed by atoms with Gasteiger partial charge in [0, 0.05) is 44.5 Å². The molecule has 0 radical (unpaired) electrons. The minimum Gasteiger partial charge on any atom is -0.356 e. The maximum absolute atomic E-state index is 13.6. The number of fused-ring (bicyclic) bond motifs is 1. The summed E-state index contributed by atoms with van der Waals surface area (Å²) in [6, 6.07) is 3.97. The van der Waals surface area contributed by atoms with Crippen LogP contribution < -0.4 is 4.90 Å². The van der Waals surface area contributed by atoms with Crippen molar-refractivity contribution < 1.29 is 4.79 Å². The van der Waals surface area contributed by atoms with Crippen molar-refractivity contribution in [3.63, 3.8) is 0 Å². The molecule has 0 bridgehead atoms. The van der Waals surface area contributed by atoms with Crippen LogP contribution in [0.4, 0.5) is 5.82 Å². The second-order valence-corrected chi connectivity index (χ2v) is 10.2. The predicted octanol–water partition coefficient (Wildman–Crippen LogP) is 4.11. The van der Waals surface area contributed by atoms with Crippen LogP contribution in [-0.2, 0) is 7.05 Å². The summed E-state index contributed by atoms with van der Waals surface area (Å²) in [5.74, 6) is 2.09. The third-order valence-corrected chi connectivity index (χ3v) is 7.16. The van der Waals surface area contributed by atoms with E-state index in [9.17, 15) is 4.79 Å². The number of carbonyl (C=O) groups is 1. The first-order valence-electron chi connectivity index (χ1n) is 12.3. The monoisotopic (exact) mass is 449 g/mol. The summed E-state index contributed by atoms with van der Waals surface area (Å²) in [6.45, 7) is 11.5. The Balaban J connectivity index is 1.46. The molecule has 0 unspecified atom stereocenters. The van der Waals surface area contributed by atoms with Crippen LogP contribution in [0, 0.1) is 12.8 Å². The van der Waals surface area contributed by atoms with E-state index >= 15 is 0 Å². The van der Waals surface area contributed by atoms with E-state index in [2.05, 4.69) is 50.0 Å². The molecule has 2 aliphatic rings. The zero-order chi connectivity index (χ0) is 23.3. The number of likely N-dealkylation sites (tertiary alicyclic amines) is 1. The van der Waals surface area contributed by atoms with Crippen molar-refractivity contribution >= 4 is 17.4 Å². The van der Waals surface area contributed by atoms with Gasteiger partial charge in [0.15, 0.2) is 5.65 Å². The Kier molecular flexibility index (Phi) is 5.62. The number of anilines is 1. The number of aryl methyl sites for hydroxylation is 2. The molecule has 0 aromatic carbocycles. The van der Waals surface area contributed by atoms with Crippen LogP contribution in [0.1, 0.15) is 85.9 Å². The summed E-state index contributed by atoms with van der Waals surface area (Å²) in [5, 5.41) is 9.44. The number of amides is 1. The Morgan fingerprint density at radius 1 is 1.12 bits per heavy atom. The zero-order valence-electron chi connectivity index (χ0n) is 20.5. The fourth-order valence-corrected chi connectivity index (χ4v) is 5.23. The van der Waals surface area contributed by atoms with Gasteiger partial charge in [-0.3, -0.25) is 9.48 Å². The van der Waals surface area contributed by atoms with Crippen LogP contribution >= 0.6 is 0 Å². The first kappa shape index (κ1) is 21.9. The lowest BCUT2D eigenvalue weighted by molar-refractivity contribution is 0.0594. The number of carbonyl (C=O) groups excluding carboxylic acids is 1. The highest BCUT2D eigenvalue weighted by molar-refractivity contribution is 5.93. The van der Waals surface area contributed by atoms with Gasteiger partial charge in [-0.2, -0.15) is 10.2 Å². The predicted molar refractivity (Wildman–Crippen MR) is 129 cm³/mol. The van der Waals surface area contributed by atoms with Crippen molar-refractivity contribution in [2.24, 2.45) is 13.0 Å². The Morgan fingerprint density at radius 3 is 2.64 bits per heavy atom. The van der Waals surface area contributed by atoms with Crippen molar-refractivity contribution in [2.75, 3.05) is 24.5 Å². The third-order valence-electron chi connectivity index (χ3n) is 7.16. The van der Waals surface area contributed by atoms with E-state index in [0.717, 1.165) is 67.3 Å². The zero-order valence-corrected chi connectivity index (χ0v) is 20.5. The molecule has 5 heterocycles. The minimum absolute atomic E-state index is 0.0366. The first-order chi connectivity index (χ1) is 15.8. The Morgan fingerprint density at radius 2 is 1.94 bits per heavy atom. The molecule has 0 spiro atoms. The van der Waals surface area contributed by atoms with Crippen molar-refractivity contribution in [2.45, 2.75) is 65.3 Å². The molecule has 8 heteroatoms. The molecule has 2 aliphatic heterocycles. The maximum atomic E-state index is 13.6. The van der Waals surface area contributed by atoms with Crippen LogP contribution in [0.25, 0.3) is 5.65 Å². The standard InChI is InChI=1S/C25H35N7O/c1-16(2)19-12-22(29(5)27-19)25(33)31-10-7-6-8-21(31)20-13-23-26-24(18(4)15-32(23)28-20)30-11-9-17(3)14-30/h12-13,15-17,21H,6-11,14H2,1-5H3/t17-,21-/m0/s1. The average Bonchev–Trinajstić information content (AvgIpc) is 3.50. The highest BCUT2D eigenvalue weighted by Gasteiger charge is 2.32. The highest BCUT2D eigenvalue weighted by Crippen LogP contribution is 2.33. The lowest BCUT2D eigenvalue weighted by Gasteiger charge is -2.34. The lowest BCUT2D eigenvalue weighted by atomic mass is 9.98. The Labute approximate surface area is 195 Å². The van der Waals surface area contributed by atoms with Gasteiger partial charge in [0.2, 0.25) is 0 Å². The van der Waals surface area contributed by atoms with Gasteiger partial charge >= 0.3 is 0 Å². The molecule has 1 amide bonds. The van der Waals surface area contributed by atoms with Crippen LogP contribution in [0.2, 0.25) is 0 Å². The van der Waals surface area contributed by atoms with Gasteiger partial charge < -0.3 is 9.80 Å². The molecule has 8 nitrogen and oxygen atoms in total. The maximum Gasteiger partial charge on any atom is 0.272 e. The van der Waals surface area contributed by atoms with E-state index in [0.29, 0.717) is 11.6 Å². The van der Waals surface area contributed by atoms with Crippen LogP contribution in [0.15, 0.2) is 18.3 Å². The molecule has 176 valence electrons. The van der Waals surface area contributed by atoms with E-state index in [4.69, 9.17) is 10.1 Å².